The number of halogens is 2. The molecule has 104 valence electrons. The van der Waals surface area contributed by atoms with E-state index in [0.717, 1.165) is 21.3 Å². The van der Waals surface area contributed by atoms with Crippen LogP contribution in [0.3, 0.4) is 0 Å². The van der Waals surface area contributed by atoms with E-state index in [1.165, 1.54) is 0 Å². The number of benzene rings is 1. The molecule has 0 radical (unpaired) electrons. The molecule has 0 atom stereocenters. The number of hydrogen-bond donors (Lipinski definition) is 1. The minimum atomic E-state index is 0.155. The largest absolute Gasteiger partial charge is 0.339 e. The molecule has 4 nitrogen and oxygen atoms in total. The Morgan fingerprint density at radius 1 is 1.20 bits per heavy atom. The number of aldehydes is 1. The third-order valence-electron chi connectivity index (χ3n) is 2.87. The van der Waals surface area contributed by atoms with Crippen LogP contribution in [0.5, 0.6) is 0 Å². The number of aryl methyl sites for hydroxylation is 3. The van der Waals surface area contributed by atoms with Crippen LogP contribution in [0.25, 0.3) is 0 Å². The van der Waals surface area contributed by atoms with Gasteiger partial charge in [0.25, 0.3) is 0 Å². The summed E-state index contributed by atoms with van der Waals surface area (Å²) in [4.78, 5) is 19.4. The van der Waals surface area contributed by atoms with Gasteiger partial charge in [-0.25, -0.2) is 9.97 Å². The zero-order chi connectivity index (χ0) is 14.9. The number of anilines is 2. The lowest BCUT2D eigenvalue weighted by Gasteiger charge is -2.14. The van der Waals surface area contributed by atoms with E-state index in [9.17, 15) is 4.79 Å². The van der Waals surface area contributed by atoms with E-state index >= 15 is 0 Å². The third kappa shape index (κ3) is 2.99. The monoisotopic (exact) mass is 353 g/mol. The topological polar surface area (TPSA) is 54.9 Å². The Balaban J connectivity index is 2.53. The van der Waals surface area contributed by atoms with Crippen molar-refractivity contribution in [2.24, 2.45) is 0 Å². The van der Waals surface area contributed by atoms with Crippen LogP contribution in [0.15, 0.2) is 16.6 Å². The molecule has 0 saturated heterocycles. The fourth-order valence-corrected chi connectivity index (χ4v) is 2.92. The van der Waals surface area contributed by atoms with Crippen molar-refractivity contribution in [2.45, 2.75) is 20.8 Å². The molecular formula is C14H13BrClN3O. The number of hydrogen-bond acceptors (Lipinski definition) is 4. The third-order valence-corrected chi connectivity index (χ3v) is 3.62. The van der Waals surface area contributed by atoms with Crippen LogP contribution in [0.2, 0.25) is 5.15 Å². The molecule has 20 heavy (non-hydrogen) atoms. The zero-order valence-electron chi connectivity index (χ0n) is 11.3. The summed E-state index contributed by atoms with van der Waals surface area (Å²) in [7, 11) is 0. The molecule has 0 aliphatic rings. The minimum Gasteiger partial charge on any atom is -0.339 e. The van der Waals surface area contributed by atoms with Crippen LogP contribution in [-0.4, -0.2) is 16.3 Å². The van der Waals surface area contributed by atoms with Gasteiger partial charge in [0, 0.05) is 10.2 Å². The van der Waals surface area contributed by atoms with Gasteiger partial charge in [-0.3, -0.25) is 4.79 Å². The summed E-state index contributed by atoms with van der Waals surface area (Å²) >= 11 is 9.43. The summed E-state index contributed by atoms with van der Waals surface area (Å²) in [6.07, 6.45) is 0.660. The average Bonchev–Trinajstić information content (AvgIpc) is 2.33. The number of carbonyl (C=O) groups excluding carboxylic acids is 1. The van der Waals surface area contributed by atoms with E-state index in [4.69, 9.17) is 11.6 Å². The van der Waals surface area contributed by atoms with E-state index in [2.05, 4.69) is 31.2 Å². The van der Waals surface area contributed by atoms with Crippen molar-refractivity contribution in [3.63, 3.8) is 0 Å². The Kier molecular flexibility index (Phi) is 4.40. The molecule has 0 aliphatic carbocycles. The van der Waals surface area contributed by atoms with Crippen molar-refractivity contribution < 1.29 is 4.79 Å². The second-order valence-electron chi connectivity index (χ2n) is 4.48. The second kappa shape index (κ2) is 5.89. The van der Waals surface area contributed by atoms with Crippen molar-refractivity contribution in [1.82, 2.24) is 9.97 Å². The Labute approximate surface area is 130 Å². The molecule has 1 aromatic heterocycles. The van der Waals surface area contributed by atoms with Crippen LogP contribution in [0.1, 0.15) is 27.3 Å². The summed E-state index contributed by atoms with van der Waals surface area (Å²) < 4.78 is 1.01. The number of rotatable bonds is 3. The highest BCUT2D eigenvalue weighted by molar-refractivity contribution is 9.10. The molecule has 1 heterocycles. The molecule has 1 aromatic carbocycles. The molecule has 0 aliphatic heterocycles. The van der Waals surface area contributed by atoms with Gasteiger partial charge in [-0.15, -0.1) is 0 Å². The first-order valence-corrected chi connectivity index (χ1v) is 7.12. The Hall–Kier alpha value is -1.46. The van der Waals surface area contributed by atoms with Crippen molar-refractivity contribution in [3.8, 4) is 0 Å². The van der Waals surface area contributed by atoms with Crippen LogP contribution >= 0.6 is 27.5 Å². The first-order valence-electron chi connectivity index (χ1n) is 5.95. The van der Waals surface area contributed by atoms with Crippen LogP contribution in [-0.2, 0) is 0 Å². The molecule has 2 rings (SSSR count). The fraction of sp³-hybridized carbons (Fsp3) is 0.214. The van der Waals surface area contributed by atoms with E-state index < -0.39 is 0 Å². The minimum absolute atomic E-state index is 0.155. The van der Waals surface area contributed by atoms with Crippen LogP contribution in [0, 0.1) is 20.8 Å². The van der Waals surface area contributed by atoms with Gasteiger partial charge >= 0.3 is 0 Å². The standard InChI is InChI=1S/C14H13BrClN3O/c1-7-4-10(15)5-8(2)12(7)19-14-11(6-20)13(16)17-9(3)18-14/h4-6H,1-3H3,(H,17,18,19). The summed E-state index contributed by atoms with van der Waals surface area (Å²) in [5.41, 5.74) is 3.26. The molecule has 0 fully saturated rings. The van der Waals surface area contributed by atoms with E-state index in [1.54, 1.807) is 6.92 Å². The van der Waals surface area contributed by atoms with Crippen molar-refractivity contribution in [2.75, 3.05) is 5.32 Å². The number of nitrogens with zero attached hydrogens (tertiary/aromatic N) is 2. The first kappa shape index (κ1) is 14.9. The van der Waals surface area contributed by atoms with Crippen molar-refractivity contribution in [3.05, 3.63) is 44.3 Å². The molecule has 2 aromatic rings. The quantitative estimate of drug-likeness (QED) is 0.656. The average molecular weight is 355 g/mol. The van der Waals surface area contributed by atoms with E-state index in [1.807, 2.05) is 26.0 Å². The Morgan fingerprint density at radius 3 is 2.35 bits per heavy atom. The summed E-state index contributed by atoms with van der Waals surface area (Å²) in [5.74, 6) is 0.932. The smallest absolute Gasteiger partial charge is 0.156 e. The molecule has 1 N–H and O–H groups in total. The maximum absolute atomic E-state index is 11.2. The lowest BCUT2D eigenvalue weighted by molar-refractivity contribution is 0.112. The number of carbonyl (C=O) groups is 1. The predicted octanol–water partition coefficient (Wildman–Crippen LogP) is 4.37. The van der Waals surface area contributed by atoms with Gasteiger partial charge < -0.3 is 5.32 Å². The van der Waals surface area contributed by atoms with Gasteiger partial charge in [0.1, 0.15) is 16.8 Å². The molecule has 0 amide bonds. The van der Waals surface area contributed by atoms with Gasteiger partial charge in [0.15, 0.2) is 6.29 Å². The SMILES string of the molecule is Cc1nc(Cl)c(C=O)c(Nc2c(C)cc(Br)cc2C)n1. The van der Waals surface area contributed by atoms with Crippen molar-refractivity contribution in [1.29, 1.82) is 0 Å². The highest BCUT2D eigenvalue weighted by atomic mass is 79.9. The van der Waals surface area contributed by atoms with Gasteiger partial charge in [0.05, 0.1) is 5.56 Å². The van der Waals surface area contributed by atoms with Crippen LogP contribution < -0.4 is 5.32 Å². The summed E-state index contributed by atoms with van der Waals surface area (Å²) in [5, 5.41) is 3.34. The first-order chi connectivity index (χ1) is 9.42. The zero-order valence-corrected chi connectivity index (χ0v) is 13.6. The number of nitrogens with one attached hydrogen (secondary N) is 1. The molecule has 0 unspecified atom stereocenters. The normalized spacial score (nSPS) is 10.4. The Bertz CT molecular complexity index is 665. The highest BCUT2D eigenvalue weighted by Gasteiger charge is 2.13. The molecular weight excluding hydrogens is 342 g/mol. The molecule has 0 saturated carbocycles. The van der Waals surface area contributed by atoms with Crippen LogP contribution in [0.4, 0.5) is 11.5 Å². The maximum Gasteiger partial charge on any atom is 0.156 e. The lowest BCUT2D eigenvalue weighted by Crippen LogP contribution is -2.05. The number of aromatic nitrogens is 2. The van der Waals surface area contributed by atoms with Crippen molar-refractivity contribution >= 4 is 45.3 Å². The second-order valence-corrected chi connectivity index (χ2v) is 5.76. The lowest BCUT2D eigenvalue weighted by atomic mass is 10.1. The van der Waals surface area contributed by atoms with Gasteiger partial charge in [-0.2, -0.15) is 0 Å². The predicted molar refractivity (Wildman–Crippen MR) is 84.1 cm³/mol. The highest BCUT2D eigenvalue weighted by Crippen LogP contribution is 2.29. The molecule has 0 bridgehead atoms. The van der Waals surface area contributed by atoms with Gasteiger partial charge in [-0.1, -0.05) is 27.5 Å². The Morgan fingerprint density at radius 2 is 1.80 bits per heavy atom. The van der Waals surface area contributed by atoms with Gasteiger partial charge in [-0.05, 0) is 44.0 Å². The summed E-state index contributed by atoms with van der Waals surface area (Å²) in [6, 6.07) is 3.98. The summed E-state index contributed by atoms with van der Waals surface area (Å²) in [6.45, 7) is 5.69. The van der Waals surface area contributed by atoms with E-state index in [-0.39, 0.29) is 10.7 Å². The maximum atomic E-state index is 11.2. The van der Waals surface area contributed by atoms with Gasteiger partial charge in [0.2, 0.25) is 0 Å². The fourth-order valence-electron chi connectivity index (χ4n) is 1.97. The molecule has 0 spiro atoms. The molecule has 6 heteroatoms. The van der Waals surface area contributed by atoms with E-state index in [0.29, 0.717) is 17.9 Å².